The van der Waals surface area contributed by atoms with Gasteiger partial charge in [-0.3, -0.25) is 9.48 Å². The van der Waals surface area contributed by atoms with Crippen molar-refractivity contribution in [3.05, 3.63) is 23.2 Å². The Morgan fingerprint density at radius 3 is 2.74 bits per heavy atom. The molecule has 0 spiro atoms. The number of rotatable bonds is 4. The molecule has 7 nitrogen and oxygen atoms in total. The van der Waals surface area contributed by atoms with Crippen molar-refractivity contribution in [1.29, 1.82) is 0 Å². The molecule has 0 aliphatic heterocycles. The number of aromatic nitrogens is 4. The van der Waals surface area contributed by atoms with E-state index >= 15 is 0 Å². The van der Waals surface area contributed by atoms with Gasteiger partial charge in [0.1, 0.15) is 17.8 Å². The summed E-state index contributed by atoms with van der Waals surface area (Å²) in [5.41, 5.74) is 5.86. The summed E-state index contributed by atoms with van der Waals surface area (Å²) in [6.07, 6.45) is 1.47. The van der Waals surface area contributed by atoms with Crippen LogP contribution in [0.5, 0.6) is 0 Å². The van der Waals surface area contributed by atoms with Gasteiger partial charge in [0, 0.05) is 12.4 Å². The standard InChI is InChI=1S/C11H16N6OS/c1-6(2)8(9-13-5-14-17(9)3)16-10(18)7-4-19-11(12)15-7/h4-6,8H,1-3H3,(H2,12,15)(H,16,18). The van der Waals surface area contributed by atoms with Crippen LogP contribution in [0.1, 0.15) is 36.2 Å². The van der Waals surface area contributed by atoms with Crippen LogP contribution >= 0.6 is 11.3 Å². The average Bonchev–Trinajstić information content (AvgIpc) is 2.94. The monoisotopic (exact) mass is 280 g/mol. The van der Waals surface area contributed by atoms with Crippen LogP contribution in [-0.2, 0) is 7.05 Å². The summed E-state index contributed by atoms with van der Waals surface area (Å²) >= 11 is 1.24. The number of nitrogens with two attached hydrogens (primary N) is 1. The van der Waals surface area contributed by atoms with Gasteiger partial charge in [-0.2, -0.15) is 5.10 Å². The summed E-state index contributed by atoms with van der Waals surface area (Å²) in [5.74, 6) is 0.643. The average molecular weight is 280 g/mol. The number of nitrogen functional groups attached to an aromatic ring is 1. The van der Waals surface area contributed by atoms with Crippen LogP contribution in [0, 0.1) is 5.92 Å². The first-order valence-electron chi connectivity index (χ1n) is 5.84. The minimum atomic E-state index is -0.255. The molecular weight excluding hydrogens is 264 g/mol. The van der Waals surface area contributed by atoms with Crippen LogP contribution in [0.3, 0.4) is 0 Å². The zero-order valence-corrected chi connectivity index (χ0v) is 11.8. The van der Waals surface area contributed by atoms with Crippen LogP contribution < -0.4 is 11.1 Å². The van der Waals surface area contributed by atoms with E-state index in [0.29, 0.717) is 16.6 Å². The van der Waals surface area contributed by atoms with E-state index in [1.807, 2.05) is 13.8 Å². The lowest BCUT2D eigenvalue weighted by molar-refractivity contribution is 0.0918. The lowest BCUT2D eigenvalue weighted by Gasteiger charge is -2.20. The second kappa shape index (κ2) is 5.35. The third-order valence-electron chi connectivity index (χ3n) is 2.73. The summed E-state index contributed by atoms with van der Waals surface area (Å²) in [4.78, 5) is 20.3. The van der Waals surface area contributed by atoms with Crippen LogP contribution in [-0.4, -0.2) is 25.7 Å². The van der Waals surface area contributed by atoms with Crippen molar-refractivity contribution in [2.45, 2.75) is 19.9 Å². The number of hydrogen-bond acceptors (Lipinski definition) is 6. The molecule has 2 heterocycles. The van der Waals surface area contributed by atoms with Gasteiger partial charge >= 0.3 is 0 Å². The van der Waals surface area contributed by atoms with Crippen molar-refractivity contribution in [2.75, 3.05) is 5.73 Å². The Balaban J connectivity index is 2.18. The SMILES string of the molecule is CC(C)C(NC(=O)c1csc(N)n1)c1ncnn1C. The van der Waals surface area contributed by atoms with Gasteiger partial charge < -0.3 is 11.1 Å². The molecule has 0 fully saturated rings. The molecule has 1 unspecified atom stereocenters. The maximum Gasteiger partial charge on any atom is 0.271 e. The van der Waals surface area contributed by atoms with Gasteiger partial charge in [0.15, 0.2) is 5.13 Å². The fourth-order valence-corrected chi connectivity index (χ4v) is 2.27. The fraction of sp³-hybridized carbons (Fsp3) is 0.455. The first-order valence-corrected chi connectivity index (χ1v) is 6.72. The number of amides is 1. The minimum Gasteiger partial charge on any atom is -0.375 e. The van der Waals surface area contributed by atoms with Crippen LogP contribution in [0.25, 0.3) is 0 Å². The van der Waals surface area contributed by atoms with Gasteiger partial charge in [0.25, 0.3) is 5.91 Å². The molecule has 0 bridgehead atoms. The summed E-state index contributed by atoms with van der Waals surface area (Å²) in [6.45, 7) is 4.02. The molecule has 2 aromatic rings. The second-order valence-electron chi connectivity index (χ2n) is 4.51. The van der Waals surface area contributed by atoms with E-state index in [-0.39, 0.29) is 17.9 Å². The maximum absolute atomic E-state index is 12.1. The van der Waals surface area contributed by atoms with Crippen molar-refractivity contribution in [1.82, 2.24) is 25.1 Å². The molecule has 19 heavy (non-hydrogen) atoms. The first-order chi connectivity index (χ1) is 8.99. The highest BCUT2D eigenvalue weighted by Crippen LogP contribution is 2.20. The molecule has 0 aliphatic rings. The van der Waals surface area contributed by atoms with Crippen molar-refractivity contribution in [3.8, 4) is 0 Å². The molecule has 0 radical (unpaired) electrons. The van der Waals surface area contributed by atoms with E-state index in [1.54, 1.807) is 17.1 Å². The van der Waals surface area contributed by atoms with Gasteiger partial charge in [-0.05, 0) is 5.92 Å². The molecule has 8 heteroatoms. The number of anilines is 1. The van der Waals surface area contributed by atoms with E-state index in [4.69, 9.17) is 5.73 Å². The van der Waals surface area contributed by atoms with Gasteiger partial charge in [-0.1, -0.05) is 13.8 Å². The molecule has 0 aromatic carbocycles. The van der Waals surface area contributed by atoms with Crippen LogP contribution in [0.4, 0.5) is 5.13 Å². The predicted molar refractivity (Wildman–Crippen MR) is 72.6 cm³/mol. The summed E-state index contributed by atoms with van der Waals surface area (Å²) in [6, 6.07) is -0.220. The largest absolute Gasteiger partial charge is 0.375 e. The van der Waals surface area contributed by atoms with E-state index in [9.17, 15) is 4.79 Å². The molecule has 0 saturated carbocycles. The van der Waals surface area contributed by atoms with Crippen LogP contribution in [0.2, 0.25) is 0 Å². The van der Waals surface area contributed by atoms with E-state index in [0.717, 1.165) is 0 Å². The van der Waals surface area contributed by atoms with Crippen molar-refractivity contribution in [2.24, 2.45) is 13.0 Å². The molecular formula is C11H16N6OS. The van der Waals surface area contributed by atoms with Crippen molar-refractivity contribution < 1.29 is 4.79 Å². The Kier molecular flexibility index (Phi) is 3.79. The Hall–Kier alpha value is -1.96. The Labute approximate surface area is 114 Å². The molecule has 2 rings (SSSR count). The van der Waals surface area contributed by atoms with Gasteiger partial charge in [0.05, 0.1) is 6.04 Å². The molecule has 0 aliphatic carbocycles. The third-order valence-corrected chi connectivity index (χ3v) is 3.41. The molecule has 2 aromatic heterocycles. The minimum absolute atomic E-state index is 0.183. The summed E-state index contributed by atoms with van der Waals surface area (Å²) in [7, 11) is 1.80. The highest BCUT2D eigenvalue weighted by Gasteiger charge is 2.24. The Bertz CT molecular complexity index is 575. The smallest absolute Gasteiger partial charge is 0.271 e. The molecule has 3 N–H and O–H groups in total. The second-order valence-corrected chi connectivity index (χ2v) is 5.40. The number of hydrogen-bond donors (Lipinski definition) is 2. The lowest BCUT2D eigenvalue weighted by atomic mass is 10.0. The molecule has 1 atom stereocenters. The maximum atomic E-state index is 12.1. The number of carbonyl (C=O) groups is 1. The Morgan fingerprint density at radius 2 is 2.26 bits per heavy atom. The third kappa shape index (κ3) is 2.90. The first kappa shape index (κ1) is 13.5. The predicted octanol–water partition coefficient (Wildman–Crippen LogP) is 0.981. The fourth-order valence-electron chi connectivity index (χ4n) is 1.72. The van der Waals surface area contributed by atoms with Gasteiger partial charge in [-0.25, -0.2) is 9.97 Å². The van der Waals surface area contributed by atoms with E-state index in [1.165, 1.54) is 17.7 Å². The molecule has 1 amide bonds. The lowest BCUT2D eigenvalue weighted by Crippen LogP contribution is -2.33. The van der Waals surface area contributed by atoms with Gasteiger partial charge in [0.2, 0.25) is 0 Å². The number of nitrogens with one attached hydrogen (secondary N) is 1. The highest BCUT2D eigenvalue weighted by molar-refractivity contribution is 7.13. The topological polar surface area (TPSA) is 98.7 Å². The van der Waals surface area contributed by atoms with E-state index < -0.39 is 0 Å². The number of nitrogens with zero attached hydrogens (tertiary/aromatic N) is 4. The summed E-state index contributed by atoms with van der Waals surface area (Å²) in [5, 5.41) is 8.96. The van der Waals surface area contributed by atoms with Crippen molar-refractivity contribution >= 4 is 22.4 Å². The zero-order valence-electron chi connectivity index (χ0n) is 11.0. The zero-order chi connectivity index (χ0) is 14.0. The molecule has 102 valence electrons. The van der Waals surface area contributed by atoms with E-state index in [2.05, 4.69) is 20.4 Å². The number of aryl methyl sites for hydroxylation is 1. The van der Waals surface area contributed by atoms with Crippen molar-refractivity contribution in [3.63, 3.8) is 0 Å². The normalized spacial score (nSPS) is 12.6. The van der Waals surface area contributed by atoms with Crippen LogP contribution in [0.15, 0.2) is 11.7 Å². The quantitative estimate of drug-likeness (QED) is 0.869. The molecule has 0 saturated heterocycles. The summed E-state index contributed by atoms with van der Waals surface area (Å²) < 4.78 is 1.65. The number of thiazole rings is 1. The highest BCUT2D eigenvalue weighted by atomic mass is 32.1. The number of carbonyl (C=O) groups excluding carboxylic acids is 1. The van der Waals surface area contributed by atoms with Gasteiger partial charge in [-0.15, -0.1) is 11.3 Å². The Morgan fingerprint density at radius 1 is 1.53 bits per heavy atom.